The minimum atomic E-state index is -0.610. The summed E-state index contributed by atoms with van der Waals surface area (Å²) in [5.41, 5.74) is 1.28. The van der Waals surface area contributed by atoms with Crippen molar-refractivity contribution in [2.45, 2.75) is 6.04 Å². The van der Waals surface area contributed by atoms with Crippen molar-refractivity contribution >= 4 is 21.6 Å². The molecule has 1 N–H and O–H groups in total. The van der Waals surface area contributed by atoms with E-state index < -0.39 is 6.04 Å². The Morgan fingerprint density at radius 2 is 2.10 bits per heavy atom. The number of nitrogens with one attached hydrogen (secondary N) is 1. The van der Waals surface area contributed by atoms with Crippen LogP contribution in [-0.4, -0.2) is 7.11 Å². The van der Waals surface area contributed by atoms with Crippen LogP contribution in [0.1, 0.15) is 11.6 Å². The van der Waals surface area contributed by atoms with Gasteiger partial charge < -0.3 is 10.1 Å². The van der Waals surface area contributed by atoms with Crippen molar-refractivity contribution < 1.29 is 9.13 Å². The third-order valence-electron chi connectivity index (χ3n) is 2.78. The van der Waals surface area contributed by atoms with Gasteiger partial charge in [-0.15, -0.1) is 0 Å². The second-order valence-electron chi connectivity index (χ2n) is 4.10. The summed E-state index contributed by atoms with van der Waals surface area (Å²) in [6, 6.07) is 12.9. The molecule has 0 bridgehead atoms. The van der Waals surface area contributed by atoms with Crippen molar-refractivity contribution in [2.75, 3.05) is 12.4 Å². The Hall–Kier alpha value is -2.06. The van der Waals surface area contributed by atoms with Crippen molar-refractivity contribution in [1.29, 1.82) is 5.26 Å². The summed E-state index contributed by atoms with van der Waals surface area (Å²) in [4.78, 5) is 0. The van der Waals surface area contributed by atoms with Crippen LogP contribution >= 0.6 is 15.9 Å². The fourth-order valence-electron chi connectivity index (χ4n) is 1.79. The molecule has 0 heterocycles. The molecule has 1 unspecified atom stereocenters. The molecule has 0 amide bonds. The molecule has 0 saturated carbocycles. The van der Waals surface area contributed by atoms with Crippen LogP contribution in [0.15, 0.2) is 46.9 Å². The highest BCUT2D eigenvalue weighted by Crippen LogP contribution is 2.29. The third kappa shape index (κ3) is 3.28. The maximum absolute atomic E-state index is 13.2. The standard InChI is InChI=1S/C15H12BrFN2O/c1-20-12-5-6-14(16)13(8-12)15(9-18)19-11-4-2-3-10(17)7-11/h2-8,15,19H,1H3. The number of methoxy groups -OCH3 is 1. The van der Waals surface area contributed by atoms with E-state index in [9.17, 15) is 9.65 Å². The molecule has 0 spiro atoms. The molecule has 102 valence electrons. The summed E-state index contributed by atoms with van der Waals surface area (Å²) < 4.78 is 19.1. The van der Waals surface area contributed by atoms with Crippen molar-refractivity contribution in [3.05, 3.63) is 58.3 Å². The van der Waals surface area contributed by atoms with E-state index in [0.717, 1.165) is 10.0 Å². The number of ether oxygens (including phenoxy) is 1. The van der Waals surface area contributed by atoms with E-state index in [-0.39, 0.29) is 5.82 Å². The lowest BCUT2D eigenvalue weighted by Gasteiger charge is -2.16. The van der Waals surface area contributed by atoms with Gasteiger partial charge in [0.15, 0.2) is 0 Å². The van der Waals surface area contributed by atoms with Gasteiger partial charge in [-0.3, -0.25) is 0 Å². The second kappa shape index (κ2) is 6.40. The van der Waals surface area contributed by atoms with Crippen LogP contribution in [0, 0.1) is 17.1 Å². The van der Waals surface area contributed by atoms with Gasteiger partial charge >= 0.3 is 0 Å². The average Bonchev–Trinajstić information content (AvgIpc) is 2.46. The molecule has 0 aliphatic heterocycles. The summed E-state index contributed by atoms with van der Waals surface area (Å²) in [6.07, 6.45) is 0. The van der Waals surface area contributed by atoms with Crippen LogP contribution in [-0.2, 0) is 0 Å². The number of nitriles is 1. The highest BCUT2D eigenvalue weighted by Gasteiger charge is 2.15. The van der Waals surface area contributed by atoms with Gasteiger partial charge in [0.25, 0.3) is 0 Å². The number of halogens is 2. The molecule has 0 aromatic heterocycles. The summed E-state index contributed by atoms with van der Waals surface area (Å²) in [6.45, 7) is 0. The highest BCUT2D eigenvalue weighted by molar-refractivity contribution is 9.10. The number of rotatable bonds is 4. The average molecular weight is 335 g/mol. The van der Waals surface area contributed by atoms with Gasteiger partial charge in [-0.25, -0.2) is 4.39 Å². The topological polar surface area (TPSA) is 45.0 Å². The first-order chi connectivity index (χ1) is 9.63. The van der Waals surface area contributed by atoms with E-state index in [0.29, 0.717) is 11.4 Å². The molecule has 2 rings (SSSR count). The first kappa shape index (κ1) is 14.4. The second-order valence-corrected chi connectivity index (χ2v) is 4.96. The normalized spacial score (nSPS) is 11.5. The van der Waals surface area contributed by atoms with Crippen LogP contribution in [0.5, 0.6) is 5.75 Å². The summed E-state index contributed by atoms with van der Waals surface area (Å²) >= 11 is 3.41. The lowest BCUT2D eigenvalue weighted by Crippen LogP contribution is -2.09. The van der Waals surface area contributed by atoms with Crippen LogP contribution in [0.3, 0.4) is 0 Å². The predicted molar refractivity (Wildman–Crippen MR) is 79.1 cm³/mol. The SMILES string of the molecule is COc1ccc(Br)c(C(C#N)Nc2cccc(F)c2)c1. The van der Waals surface area contributed by atoms with Crippen molar-refractivity contribution in [3.63, 3.8) is 0 Å². The number of benzene rings is 2. The number of anilines is 1. The maximum atomic E-state index is 13.2. The van der Waals surface area contributed by atoms with Gasteiger partial charge in [-0.1, -0.05) is 22.0 Å². The van der Waals surface area contributed by atoms with Crippen LogP contribution < -0.4 is 10.1 Å². The van der Waals surface area contributed by atoms with E-state index in [4.69, 9.17) is 4.74 Å². The van der Waals surface area contributed by atoms with Crippen molar-refractivity contribution in [2.24, 2.45) is 0 Å². The number of nitrogens with zero attached hydrogens (tertiary/aromatic N) is 1. The minimum absolute atomic E-state index is 0.351. The molecule has 20 heavy (non-hydrogen) atoms. The Labute approximate surface area is 125 Å². The Morgan fingerprint density at radius 1 is 1.30 bits per heavy atom. The Kier molecular flexibility index (Phi) is 4.59. The summed E-state index contributed by atoms with van der Waals surface area (Å²) in [7, 11) is 1.56. The monoisotopic (exact) mass is 334 g/mol. The summed E-state index contributed by atoms with van der Waals surface area (Å²) in [5, 5.41) is 12.3. The largest absolute Gasteiger partial charge is 0.497 e. The smallest absolute Gasteiger partial charge is 0.141 e. The fraction of sp³-hybridized carbons (Fsp3) is 0.133. The Balaban J connectivity index is 2.31. The number of hydrogen-bond donors (Lipinski definition) is 1. The minimum Gasteiger partial charge on any atom is -0.497 e. The lowest BCUT2D eigenvalue weighted by molar-refractivity contribution is 0.414. The summed E-state index contributed by atoms with van der Waals surface area (Å²) in [5.74, 6) is 0.306. The van der Waals surface area contributed by atoms with Crippen molar-refractivity contribution in [3.8, 4) is 11.8 Å². The van der Waals surface area contributed by atoms with Gasteiger partial charge in [0, 0.05) is 15.7 Å². The number of hydrogen-bond acceptors (Lipinski definition) is 3. The molecule has 0 fully saturated rings. The Morgan fingerprint density at radius 3 is 2.75 bits per heavy atom. The van der Waals surface area contributed by atoms with Gasteiger partial charge in [-0.05, 0) is 36.4 Å². The first-order valence-electron chi connectivity index (χ1n) is 5.89. The first-order valence-corrected chi connectivity index (χ1v) is 6.68. The molecule has 2 aromatic rings. The quantitative estimate of drug-likeness (QED) is 0.907. The van der Waals surface area contributed by atoms with E-state index in [1.807, 2.05) is 6.07 Å². The van der Waals surface area contributed by atoms with E-state index in [1.54, 1.807) is 31.4 Å². The van der Waals surface area contributed by atoms with Crippen LogP contribution in [0.4, 0.5) is 10.1 Å². The van der Waals surface area contributed by atoms with Gasteiger partial charge in [0.2, 0.25) is 0 Å². The predicted octanol–water partition coefficient (Wildman–Crippen LogP) is 4.27. The maximum Gasteiger partial charge on any atom is 0.141 e. The molecule has 2 aromatic carbocycles. The fourth-order valence-corrected chi connectivity index (χ4v) is 2.27. The zero-order valence-electron chi connectivity index (χ0n) is 10.7. The lowest BCUT2D eigenvalue weighted by atomic mass is 10.1. The highest BCUT2D eigenvalue weighted by atomic mass is 79.9. The molecule has 0 aliphatic rings. The molecular formula is C15H12BrFN2O. The molecular weight excluding hydrogens is 323 g/mol. The van der Waals surface area contributed by atoms with E-state index >= 15 is 0 Å². The molecule has 0 aliphatic carbocycles. The zero-order valence-corrected chi connectivity index (χ0v) is 12.3. The van der Waals surface area contributed by atoms with E-state index in [2.05, 4.69) is 27.3 Å². The van der Waals surface area contributed by atoms with Gasteiger partial charge in [0.05, 0.1) is 13.2 Å². The van der Waals surface area contributed by atoms with E-state index in [1.165, 1.54) is 12.1 Å². The zero-order chi connectivity index (χ0) is 14.5. The van der Waals surface area contributed by atoms with Gasteiger partial charge in [-0.2, -0.15) is 5.26 Å². The molecule has 1 atom stereocenters. The molecule has 5 heteroatoms. The Bertz CT molecular complexity index is 655. The van der Waals surface area contributed by atoms with Crippen molar-refractivity contribution in [1.82, 2.24) is 0 Å². The van der Waals surface area contributed by atoms with Gasteiger partial charge in [0.1, 0.15) is 17.6 Å². The van der Waals surface area contributed by atoms with Crippen LogP contribution in [0.2, 0.25) is 0 Å². The third-order valence-corrected chi connectivity index (χ3v) is 3.50. The van der Waals surface area contributed by atoms with Crippen LogP contribution in [0.25, 0.3) is 0 Å². The molecule has 3 nitrogen and oxygen atoms in total. The molecule has 0 saturated heterocycles. The molecule has 0 radical (unpaired) electrons.